The van der Waals surface area contributed by atoms with Gasteiger partial charge in [0, 0.05) is 13.3 Å². The van der Waals surface area contributed by atoms with Gasteiger partial charge in [-0.3, -0.25) is 4.68 Å². The first-order valence-corrected chi connectivity index (χ1v) is 6.28. The van der Waals surface area contributed by atoms with E-state index in [1.165, 1.54) is 4.68 Å². The monoisotopic (exact) mass is 217 g/mol. The van der Waals surface area contributed by atoms with E-state index in [-0.39, 0.29) is 10.7 Å². The molecular weight excluding hydrogens is 202 g/mol. The summed E-state index contributed by atoms with van der Waals surface area (Å²) in [5, 5.41) is 4.19. The van der Waals surface area contributed by atoms with Crippen molar-refractivity contribution in [3.8, 4) is 0 Å². The summed E-state index contributed by atoms with van der Waals surface area (Å²) in [5.41, 5.74) is 6.67. The van der Waals surface area contributed by atoms with E-state index in [4.69, 9.17) is 5.73 Å². The molecule has 2 N–H and O–H groups in total. The first kappa shape index (κ1) is 11.0. The highest BCUT2D eigenvalue weighted by atomic mass is 32.2. The van der Waals surface area contributed by atoms with Gasteiger partial charge in [0.1, 0.15) is 0 Å². The minimum absolute atomic E-state index is 0.112. The number of hydrogen-bond donors (Lipinski definition) is 1. The highest BCUT2D eigenvalue weighted by Crippen LogP contribution is 2.22. The molecule has 0 aliphatic rings. The first-order chi connectivity index (χ1) is 6.38. The summed E-state index contributed by atoms with van der Waals surface area (Å²) in [4.78, 5) is 0. The van der Waals surface area contributed by atoms with Crippen LogP contribution in [0.3, 0.4) is 0 Å². The average Bonchev–Trinajstić information content (AvgIpc) is 2.26. The van der Waals surface area contributed by atoms with Crippen LogP contribution >= 0.6 is 0 Å². The Balaban J connectivity index is 3.32. The van der Waals surface area contributed by atoms with E-state index in [2.05, 4.69) is 5.10 Å². The highest BCUT2D eigenvalue weighted by molar-refractivity contribution is 7.90. The van der Waals surface area contributed by atoms with E-state index in [0.29, 0.717) is 12.1 Å². The summed E-state index contributed by atoms with van der Waals surface area (Å²) in [7, 11) is -1.70. The predicted molar refractivity (Wildman–Crippen MR) is 54.7 cm³/mol. The van der Waals surface area contributed by atoms with Gasteiger partial charge in [0.05, 0.1) is 11.4 Å². The quantitative estimate of drug-likeness (QED) is 0.792. The number of aromatic nitrogens is 2. The second-order valence-electron chi connectivity index (χ2n) is 3.31. The van der Waals surface area contributed by atoms with Gasteiger partial charge in [0.25, 0.3) is 0 Å². The fourth-order valence-corrected chi connectivity index (χ4v) is 2.48. The van der Waals surface area contributed by atoms with E-state index >= 15 is 0 Å². The number of nitrogens with two attached hydrogens (primary N) is 1. The zero-order valence-electron chi connectivity index (χ0n) is 8.61. The topological polar surface area (TPSA) is 78.0 Å². The van der Waals surface area contributed by atoms with Gasteiger partial charge < -0.3 is 5.73 Å². The molecule has 0 unspecified atom stereocenters. The molecule has 0 atom stereocenters. The molecule has 80 valence electrons. The van der Waals surface area contributed by atoms with Crippen molar-refractivity contribution in [2.75, 3.05) is 12.0 Å². The number of aryl methyl sites for hydroxylation is 2. The number of sulfone groups is 1. The van der Waals surface area contributed by atoms with E-state index < -0.39 is 9.84 Å². The molecule has 1 rings (SSSR count). The van der Waals surface area contributed by atoms with E-state index in [1.807, 2.05) is 6.92 Å². The van der Waals surface area contributed by atoms with Crippen LogP contribution in [0.1, 0.15) is 19.0 Å². The molecule has 6 heteroatoms. The SMILES string of the molecule is CCCc1nn(C)c(S(C)(=O)=O)c1N. The lowest BCUT2D eigenvalue weighted by molar-refractivity contribution is 0.582. The van der Waals surface area contributed by atoms with Crippen LogP contribution in [0.4, 0.5) is 5.69 Å². The second kappa shape index (κ2) is 3.61. The maximum absolute atomic E-state index is 11.4. The molecule has 1 heterocycles. The zero-order valence-corrected chi connectivity index (χ0v) is 9.43. The van der Waals surface area contributed by atoms with Gasteiger partial charge in [0.2, 0.25) is 0 Å². The maximum Gasteiger partial charge on any atom is 0.194 e. The number of hydrogen-bond acceptors (Lipinski definition) is 4. The van der Waals surface area contributed by atoms with Crippen molar-refractivity contribution in [1.82, 2.24) is 9.78 Å². The summed E-state index contributed by atoms with van der Waals surface area (Å²) in [6.07, 6.45) is 2.73. The van der Waals surface area contributed by atoms with Crippen LogP contribution in [0.25, 0.3) is 0 Å². The van der Waals surface area contributed by atoms with Gasteiger partial charge in [-0.2, -0.15) is 5.10 Å². The third kappa shape index (κ3) is 1.89. The Hall–Kier alpha value is -1.04. The van der Waals surface area contributed by atoms with Crippen molar-refractivity contribution in [1.29, 1.82) is 0 Å². The molecule has 1 aromatic heterocycles. The van der Waals surface area contributed by atoms with Crippen LogP contribution in [-0.4, -0.2) is 24.5 Å². The lowest BCUT2D eigenvalue weighted by Crippen LogP contribution is -2.07. The molecule has 0 aliphatic carbocycles. The lowest BCUT2D eigenvalue weighted by atomic mass is 10.2. The average molecular weight is 217 g/mol. The minimum atomic E-state index is -3.29. The molecular formula is C8H15N3O2S. The molecule has 1 aromatic rings. The van der Waals surface area contributed by atoms with Gasteiger partial charge in [-0.15, -0.1) is 0 Å². The third-order valence-electron chi connectivity index (χ3n) is 1.94. The molecule has 0 saturated carbocycles. The van der Waals surface area contributed by atoms with Gasteiger partial charge >= 0.3 is 0 Å². The third-order valence-corrected chi connectivity index (χ3v) is 3.13. The van der Waals surface area contributed by atoms with Gasteiger partial charge in [-0.1, -0.05) is 13.3 Å². The second-order valence-corrected chi connectivity index (χ2v) is 5.24. The zero-order chi connectivity index (χ0) is 10.9. The summed E-state index contributed by atoms with van der Waals surface area (Å²) in [6, 6.07) is 0. The first-order valence-electron chi connectivity index (χ1n) is 4.39. The molecule has 0 fully saturated rings. The molecule has 5 nitrogen and oxygen atoms in total. The van der Waals surface area contributed by atoms with E-state index in [9.17, 15) is 8.42 Å². The fourth-order valence-electron chi connectivity index (χ4n) is 1.44. The fraction of sp³-hybridized carbons (Fsp3) is 0.625. The van der Waals surface area contributed by atoms with Gasteiger partial charge in [-0.25, -0.2) is 8.42 Å². The number of rotatable bonds is 3. The van der Waals surface area contributed by atoms with Crippen LogP contribution in [-0.2, 0) is 23.3 Å². The summed E-state index contributed by atoms with van der Waals surface area (Å²) >= 11 is 0. The van der Waals surface area contributed by atoms with Crippen molar-refractivity contribution >= 4 is 15.5 Å². The Morgan fingerprint density at radius 2 is 2.07 bits per heavy atom. The Kier molecular flexibility index (Phi) is 2.84. The van der Waals surface area contributed by atoms with Crippen molar-refractivity contribution < 1.29 is 8.42 Å². The van der Waals surface area contributed by atoms with E-state index in [0.717, 1.165) is 12.7 Å². The molecule has 0 aliphatic heterocycles. The summed E-state index contributed by atoms with van der Waals surface area (Å²) in [5.74, 6) is 0. The van der Waals surface area contributed by atoms with Crippen molar-refractivity contribution in [2.24, 2.45) is 7.05 Å². The Morgan fingerprint density at radius 3 is 2.43 bits per heavy atom. The highest BCUT2D eigenvalue weighted by Gasteiger charge is 2.20. The number of nitrogens with zero attached hydrogens (tertiary/aromatic N) is 2. The smallest absolute Gasteiger partial charge is 0.194 e. The molecule has 0 amide bonds. The minimum Gasteiger partial charge on any atom is -0.395 e. The Labute approximate surface area is 83.8 Å². The molecule has 0 radical (unpaired) electrons. The molecule has 0 saturated heterocycles. The molecule has 0 aromatic carbocycles. The lowest BCUT2D eigenvalue weighted by Gasteiger charge is -1.98. The molecule has 14 heavy (non-hydrogen) atoms. The largest absolute Gasteiger partial charge is 0.395 e. The van der Waals surface area contributed by atoms with Crippen LogP contribution in [0.2, 0.25) is 0 Å². The van der Waals surface area contributed by atoms with Gasteiger partial charge in [-0.05, 0) is 6.42 Å². The molecule has 0 spiro atoms. The Bertz CT molecular complexity index is 434. The van der Waals surface area contributed by atoms with Crippen LogP contribution in [0, 0.1) is 0 Å². The number of anilines is 1. The molecule has 0 bridgehead atoms. The van der Waals surface area contributed by atoms with Crippen molar-refractivity contribution in [3.63, 3.8) is 0 Å². The van der Waals surface area contributed by atoms with Crippen molar-refractivity contribution in [3.05, 3.63) is 5.69 Å². The Morgan fingerprint density at radius 1 is 1.50 bits per heavy atom. The van der Waals surface area contributed by atoms with Crippen LogP contribution in [0.5, 0.6) is 0 Å². The maximum atomic E-state index is 11.4. The normalized spacial score (nSPS) is 11.9. The predicted octanol–water partition coefficient (Wildman–Crippen LogP) is 0.358. The standard InChI is InChI=1S/C8H15N3O2S/c1-4-5-6-7(9)8(11(2)10-6)14(3,12)13/h4-5,9H2,1-3H3. The summed E-state index contributed by atoms with van der Waals surface area (Å²) in [6.45, 7) is 1.99. The number of nitrogen functional groups attached to an aromatic ring is 1. The van der Waals surface area contributed by atoms with Crippen molar-refractivity contribution in [2.45, 2.75) is 24.8 Å². The van der Waals surface area contributed by atoms with Crippen LogP contribution in [0.15, 0.2) is 5.03 Å². The van der Waals surface area contributed by atoms with E-state index in [1.54, 1.807) is 7.05 Å². The summed E-state index contributed by atoms with van der Waals surface area (Å²) < 4.78 is 24.0. The van der Waals surface area contributed by atoms with Crippen LogP contribution < -0.4 is 5.73 Å². The van der Waals surface area contributed by atoms with Gasteiger partial charge in [0.15, 0.2) is 14.9 Å².